The summed E-state index contributed by atoms with van der Waals surface area (Å²) in [5, 5.41) is 0. The lowest BCUT2D eigenvalue weighted by Crippen LogP contribution is -1.85. The Labute approximate surface area is 90.5 Å². The highest BCUT2D eigenvalue weighted by Gasteiger charge is 2.05. The molecule has 0 aliphatic heterocycles. The first-order chi connectivity index (χ1) is 5.15. The van der Waals surface area contributed by atoms with Gasteiger partial charge in [0.05, 0.1) is 16.1 Å². The van der Waals surface area contributed by atoms with Gasteiger partial charge in [-0.25, -0.2) is 0 Å². The van der Waals surface area contributed by atoms with Gasteiger partial charge in [0.15, 0.2) is 0 Å². The number of halogens is 3. The third kappa shape index (κ3) is 2.20. The molecule has 4 heteroatoms. The lowest BCUT2D eigenvalue weighted by molar-refractivity contribution is 0.409. The Morgan fingerprint density at radius 3 is 1.91 bits per heavy atom. The first kappa shape index (κ1) is 9.55. The van der Waals surface area contributed by atoms with E-state index in [1.165, 1.54) is 0 Å². The summed E-state index contributed by atoms with van der Waals surface area (Å²) < 4.78 is 7.99. The van der Waals surface area contributed by atoms with Gasteiger partial charge in [0.2, 0.25) is 0 Å². The molecule has 11 heavy (non-hydrogen) atoms. The molecule has 0 aromatic heterocycles. The van der Waals surface area contributed by atoms with Crippen LogP contribution in [0.2, 0.25) is 0 Å². The van der Waals surface area contributed by atoms with Crippen LogP contribution in [-0.4, -0.2) is 7.11 Å². The topological polar surface area (TPSA) is 9.23 Å². The largest absolute Gasteiger partial charge is 0.494 e. The molecular formula is C7H5Br3O. The minimum atomic E-state index is 0.813. The molecule has 0 atom stereocenters. The molecule has 1 rings (SSSR count). The van der Waals surface area contributed by atoms with Crippen molar-refractivity contribution in [3.05, 3.63) is 25.6 Å². The summed E-state index contributed by atoms with van der Waals surface area (Å²) in [5.41, 5.74) is 0. The van der Waals surface area contributed by atoms with Crippen LogP contribution in [0.4, 0.5) is 0 Å². The van der Waals surface area contributed by atoms with Crippen molar-refractivity contribution in [1.82, 2.24) is 0 Å². The fraction of sp³-hybridized carbons (Fsp3) is 0.143. The molecule has 0 bridgehead atoms. The van der Waals surface area contributed by atoms with Gasteiger partial charge in [-0.1, -0.05) is 15.9 Å². The molecule has 0 saturated heterocycles. The van der Waals surface area contributed by atoms with Crippen molar-refractivity contribution < 1.29 is 4.74 Å². The SMILES string of the molecule is COc1c(Br)cc(Br)cc1Br. The Morgan fingerprint density at radius 2 is 1.55 bits per heavy atom. The Hall–Kier alpha value is 0.460. The van der Waals surface area contributed by atoms with E-state index in [4.69, 9.17) is 4.74 Å². The molecule has 0 amide bonds. The normalized spacial score (nSPS) is 9.82. The fourth-order valence-electron chi connectivity index (χ4n) is 0.724. The molecule has 1 aromatic rings. The number of hydrogen-bond donors (Lipinski definition) is 0. The molecule has 0 unspecified atom stereocenters. The third-order valence-electron chi connectivity index (χ3n) is 1.17. The van der Waals surface area contributed by atoms with Crippen LogP contribution in [0.5, 0.6) is 5.75 Å². The van der Waals surface area contributed by atoms with Crippen molar-refractivity contribution in [1.29, 1.82) is 0 Å². The zero-order valence-corrected chi connectivity index (χ0v) is 10.5. The maximum Gasteiger partial charge on any atom is 0.147 e. The van der Waals surface area contributed by atoms with Crippen LogP contribution in [0.3, 0.4) is 0 Å². The van der Waals surface area contributed by atoms with Crippen molar-refractivity contribution in [3.8, 4) is 5.75 Å². The fourth-order valence-corrected chi connectivity index (χ4v) is 3.31. The maximum absolute atomic E-state index is 5.12. The zero-order chi connectivity index (χ0) is 8.43. The van der Waals surface area contributed by atoms with E-state index in [0.29, 0.717) is 0 Å². The second kappa shape index (κ2) is 3.92. The molecule has 0 N–H and O–H groups in total. The van der Waals surface area contributed by atoms with Crippen LogP contribution in [-0.2, 0) is 0 Å². The average Bonchev–Trinajstić information content (AvgIpc) is 1.85. The molecule has 0 aliphatic rings. The summed E-state index contributed by atoms with van der Waals surface area (Å²) in [6.45, 7) is 0. The molecule has 60 valence electrons. The second-order valence-electron chi connectivity index (χ2n) is 1.90. The number of rotatable bonds is 1. The lowest BCUT2D eigenvalue weighted by atomic mass is 10.3. The lowest BCUT2D eigenvalue weighted by Gasteiger charge is -2.05. The van der Waals surface area contributed by atoms with Gasteiger partial charge >= 0.3 is 0 Å². The van der Waals surface area contributed by atoms with Gasteiger partial charge in [0.1, 0.15) is 5.75 Å². The van der Waals surface area contributed by atoms with Gasteiger partial charge in [0, 0.05) is 4.47 Å². The predicted octanol–water partition coefficient (Wildman–Crippen LogP) is 3.98. The molecular weight excluding hydrogens is 340 g/mol. The number of ether oxygens (including phenoxy) is 1. The van der Waals surface area contributed by atoms with Gasteiger partial charge in [0.25, 0.3) is 0 Å². The van der Waals surface area contributed by atoms with Crippen molar-refractivity contribution in [2.24, 2.45) is 0 Å². The first-order valence-corrected chi connectivity index (χ1v) is 5.21. The van der Waals surface area contributed by atoms with Crippen molar-refractivity contribution in [2.75, 3.05) is 7.11 Å². The molecule has 0 aliphatic carbocycles. The van der Waals surface area contributed by atoms with E-state index in [-0.39, 0.29) is 0 Å². The number of benzene rings is 1. The summed E-state index contributed by atoms with van der Waals surface area (Å²) in [5.74, 6) is 0.813. The molecule has 0 saturated carbocycles. The monoisotopic (exact) mass is 342 g/mol. The highest BCUT2D eigenvalue weighted by atomic mass is 79.9. The standard InChI is InChI=1S/C7H5Br3O/c1-11-7-5(9)2-4(8)3-6(7)10/h2-3H,1H3. The van der Waals surface area contributed by atoms with Crippen LogP contribution in [0, 0.1) is 0 Å². The predicted molar refractivity (Wildman–Crippen MR) is 56.1 cm³/mol. The summed E-state index contributed by atoms with van der Waals surface area (Å²) in [7, 11) is 1.64. The van der Waals surface area contributed by atoms with E-state index < -0.39 is 0 Å². The minimum absolute atomic E-state index is 0.813. The molecule has 0 spiro atoms. The summed E-state index contributed by atoms with van der Waals surface area (Å²) in [4.78, 5) is 0. The maximum atomic E-state index is 5.12. The average molecular weight is 345 g/mol. The Morgan fingerprint density at radius 1 is 1.09 bits per heavy atom. The molecule has 1 aromatic carbocycles. The quantitative estimate of drug-likeness (QED) is 0.748. The molecule has 0 radical (unpaired) electrons. The zero-order valence-electron chi connectivity index (χ0n) is 5.70. The third-order valence-corrected chi connectivity index (χ3v) is 2.80. The first-order valence-electron chi connectivity index (χ1n) is 2.83. The smallest absolute Gasteiger partial charge is 0.147 e. The Balaban J connectivity index is 3.25. The number of hydrogen-bond acceptors (Lipinski definition) is 1. The van der Waals surface area contributed by atoms with Crippen LogP contribution >= 0.6 is 47.8 Å². The highest BCUT2D eigenvalue weighted by Crippen LogP contribution is 2.35. The number of methoxy groups -OCH3 is 1. The summed E-state index contributed by atoms with van der Waals surface area (Å²) >= 11 is 10.1. The van der Waals surface area contributed by atoms with Gasteiger partial charge < -0.3 is 4.74 Å². The minimum Gasteiger partial charge on any atom is -0.494 e. The van der Waals surface area contributed by atoms with Crippen molar-refractivity contribution in [3.63, 3.8) is 0 Å². The van der Waals surface area contributed by atoms with Crippen LogP contribution in [0.15, 0.2) is 25.6 Å². The van der Waals surface area contributed by atoms with Crippen LogP contribution in [0.25, 0.3) is 0 Å². The Bertz CT molecular complexity index is 249. The van der Waals surface area contributed by atoms with Gasteiger partial charge in [-0.05, 0) is 44.0 Å². The molecule has 1 nitrogen and oxygen atoms in total. The van der Waals surface area contributed by atoms with Gasteiger partial charge in [-0.2, -0.15) is 0 Å². The van der Waals surface area contributed by atoms with E-state index >= 15 is 0 Å². The van der Waals surface area contributed by atoms with Crippen molar-refractivity contribution in [2.45, 2.75) is 0 Å². The Kier molecular flexibility index (Phi) is 3.40. The van der Waals surface area contributed by atoms with E-state index in [2.05, 4.69) is 47.8 Å². The van der Waals surface area contributed by atoms with Gasteiger partial charge in [-0.3, -0.25) is 0 Å². The summed E-state index contributed by atoms with van der Waals surface area (Å²) in [6.07, 6.45) is 0. The van der Waals surface area contributed by atoms with E-state index in [1.54, 1.807) is 7.11 Å². The van der Waals surface area contributed by atoms with E-state index in [1.807, 2.05) is 12.1 Å². The van der Waals surface area contributed by atoms with E-state index in [0.717, 1.165) is 19.2 Å². The van der Waals surface area contributed by atoms with Crippen LogP contribution < -0.4 is 4.74 Å². The second-order valence-corrected chi connectivity index (χ2v) is 4.53. The highest BCUT2D eigenvalue weighted by molar-refractivity contribution is 9.11. The van der Waals surface area contributed by atoms with E-state index in [9.17, 15) is 0 Å². The van der Waals surface area contributed by atoms with Gasteiger partial charge in [-0.15, -0.1) is 0 Å². The molecule has 0 heterocycles. The summed E-state index contributed by atoms with van der Waals surface area (Å²) in [6, 6.07) is 3.87. The molecule has 0 fully saturated rings. The van der Waals surface area contributed by atoms with Crippen molar-refractivity contribution >= 4 is 47.8 Å². The van der Waals surface area contributed by atoms with Crippen LogP contribution in [0.1, 0.15) is 0 Å².